The van der Waals surface area contributed by atoms with Crippen LogP contribution in [0.4, 0.5) is 0 Å². The molecule has 0 aromatic heterocycles. The Bertz CT molecular complexity index is 1240. The number of methoxy groups -OCH3 is 3. The number of rotatable bonds is 15. The molecule has 0 aliphatic carbocycles. The molecule has 3 aromatic rings. The van der Waals surface area contributed by atoms with E-state index in [2.05, 4.69) is 49.8 Å². The van der Waals surface area contributed by atoms with Gasteiger partial charge in [-0.1, -0.05) is 94.4 Å². The lowest BCUT2D eigenvalue weighted by molar-refractivity contribution is -0.158. The first-order valence-corrected chi connectivity index (χ1v) is 16.4. The first kappa shape index (κ1) is 34.3. The first-order chi connectivity index (χ1) is 20.5. The van der Waals surface area contributed by atoms with E-state index in [1.165, 1.54) is 7.11 Å². The molecule has 3 aromatic carbocycles. The molecule has 0 saturated carbocycles. The van der Waals surface area contributed by atoms with Crippen LogP contribution in [0.15, 0.2) is 78.9 Å². The summed E-state index contributed by atoms with van der Waals surface area (Å²) in [5.41, 5.74) is 0.839. The Kier molecular flexibility index (Phi) is 12.4. The van der Waals surface area contributed by atoms with Crippen LogP contribution in [0.5, 0.6) is 11.5 Å². The maximum Gasteiger partial charge on any atom is 0.337 e. The summed E-state index contributed by atoms with van der Waals surface area (Å²) < 4.78 is 28.9. The Labute approximate surface area is 256 Å². The van der Waals surface area contributed by atoms with Crippen LogP contribution in [-0.4, -0.2) is 70.7 Å². The number of hydrogen-bond acceptors (Lipinski definition) is 8. The summed E-state index contributed by atoms with van der Waals surface area (Å²) in [6, 6.07) is 26.2. The lowest BCUT2D eigenvalue weighted by atomic mass is 9.97. The van der Waals surface area contributed by atoms with Crippen molar-refractivity contribution in [1.82, 2.24) is 0 Å². The second-order valence-corrected chi connectivity index (χ2v) is 16.1. The molecule has 0 heterocycles. The average molecular weight is 611 g/mol. The smallest absolute Gasteiger partial charge is 0.337 e. The van der Waals surface area contributed by atoms with Crippen molar-refractivity contribution in [2.45, 2.75) is 64.1 Å². The van der Waals surface area contributed by atoms with Gasteiger partial charge < -0.3 is 33.6 Å². The standard InChI is InChI=1S/C34H46O8Si/c1-24(22-42-43(34(2,3)4,26-14-10-8-11-15-26)27-16-12-9-13-17-27)30(21-28(35)32(36)33(37)40-7)41-23-25-18-19-29(38-5)31(20-25)39-6/h8-20,24,28,30,32,35-36H,21-23H2,1-7H3/t24-,28-,30-,32+/m1/s1. The van der Waals surface area contributed by atoms with E-state index in [9.17, 15) is 15.0 Å². The highest BCUT2D eigenvalue weighted by molar-refractivity contribution is 6.99. The Balaban J connectivity index is 1.93. The Morgan fingerprint density at radius 2 is 1.40 bits per heavy atom. The molecule has 0 amide bonds. The van der Waals surface area contributed by atoms with Crippen LogP contribution in [0.2, 0.25) is 5.04 Å². The molecule has 4 atom stereocenters. The van der Waals surface area contributed by atoms with E-state index in [1.807, 2.05) is 55.5 Å². The van der Waals surface area contributed by atoms with E-state index in [0.29, 0.717) is 18.1 Å². The van der Waals surface area contributed by atoms with Crippen molar-refractivity contribution in [1.29, 1.82) is 0 Å². The van der Waals surface area contributed by atoms with E-state index in [1.54, 1.807) is 20.3 Å². The third kappa shape index (κ3) is 8.25. The van der Waals surface area contributed by atoms with Crippen LogP contribution in [0.3, 0.4) is 0 Å². The number of hydrogen-bond donors (Lipinski definition) is 2. The number of carbonyl (C=O) groups excluding carboxylic acids is 1. The lowest BCUT2D eigenvalue weighted by Crippen LogP contribution is -2.67. The summed E-state index contributed by atoms with van der Waals surface area (Å²) in [4.78, 5) is 12.0. The number of aliphatic hydroxyl groups excluding tert-OH is 2. The van der Waals surface area contributed by atoms with E-state index in [0.717, 1.165) is 15.9 Å². The molecule has 0 radical (unpaired) electrons. The Morgan fingerprint density at radius 3 is 1.88 bits per heavy atom. The molecule has 0 unspecified atom stereocenters. The fourth-order valence-electron chi connectivity index (χ4n) is 5.41. The normalized spacial score (nSPS) is 14.8. The molecule has 3 rings (SSSR count). The van der Waals surface area contributed by atoms with Crippen LogP contribution in [0.25, 0.3) is 0 Å². The lowest BCUT2D eigenvalue weighted by Gasteiger charge is -2.44. The van der Waals surface area contributed by atoms with Gasteiger partial charge in [-0.15, -0.1) is 0 Å². The minimum Gasteiger partial charge on any atom is -0.493 e. The van der Waals surface area contributed by atoms with Gasteiger partial charge in [0, 0.05) is 18.9 Å². The van der Waals surface area contributed by atoms with Crippen molar-refractivity contribution in [2.75, 3.05) is 27.9 Å². The highest BCUT2D eigenvalue weighted by Crippen LogP contribution is 2.37. The highest BCUT2D eigenvalue weighted by Gasteiger charge is 2.50. The van der Waals surface area contributed by atoms with E-state index in [4.69, 9.17) is 18.6 Å². The van der Waals surface area contributed by atoms with Gasteiger partial charge in [-0.3, -0.25) is 0 Å². The third-order valence-corrected chi connectivity index (χ3v) is 12.8. The van der Waals surface area contributed by atoms with Crippen molar-refractivity contribution in [3.63, 3.8) is 0 Å². The molecular weight excluding hydrogens is 564 g/mol. The number of carbonyl (C=O) groups is 1. The van der Waals surface area contributed by atoms with Crippen LogP contribution < -0.4 is 19.8 Å². The summed E-state index contributed by atoms with van der Waals surface area (Å²) in [6.07, 6.45) is -3.66. The van der Waals surface area contributed by atoms with Gasteiger partial charge in [-0.2, -0.15) is 0 Å². The van der Waals surface area contributed by atoms with E-state index < -0.39 is 32.6 Å². The topological polar surface area (TPSA) is 104 Å². The molecule has 234 valence electrons. The molecule has 0 aliphatic rings. The van der Waals surface area contributed by atoms with Crippen molar-refractivity contribution >= 4 is 24.7 Å². The van der Waals surface area contributed by atoms with Gasteiger partial charge in [0.1, 0.15) is 0 Å². The molecule has 0 saturated heterocycles. The number of ether oxygens (including phenoxy) is 4. The molecule has 0 aliphatic heterocycles. The summed E-state index contributed by atoms with van der Waals surface area (Å²) in [5, 5.41) is 23.3. The average Bonchev–Trinajstić information content (AvgIpc) is 3.02. The predicted octanol–water partition coefficient (Wildman–Crippen LogP) is 4.09. The molecule has 9 heteroatoms. The van der Waals surface area contributed by atoms with Gasteiger partial charge in [0.05, 0.1) is 40.1 Å². The second-order valence-electron chi connectivity index (χ2n) is 11.8. The molecule has 0 spiro atoms. The van der Waals surface area contributed by atoms with Crippen molar-refractivity contribution in [3.8, 4) is 11.5 Å². The fourth-order valence-corrected chi connectivity index (χ4v) is 10.1. The summed E-state index contributed by atoms with van der Waals surface area (Å²) >= 11 is 0. The van der Waals surface area contributed by atoms with Gasteiger partial charge in [-0.05, 0) is 33.1 Å². The maximum atomic E-state index is 12.0. The van der Waals surface area contributed by atoms with Crippen molar-refractivity contribution in [3.05, 3.63) is 84.4 Å². The zero-order valence-corrected chi connectivity index (χ0v) is 27.3. The van der Waals surface area contributed by atoms with Crippen molar-refractivity contribution < 1.29 is 38.4 Å². The van der Waals surface area contributed by atoms with Crippen LogP contribution in [-0.2, 0) is 25.3 Å². The van der Waals surface area contributed by atoms with Crippen molar-refractivity contribution in [2.24, 2.45) is 5.92 Å². The van der Waals surface area contributed by atoms with Crippen LogP contribution in [0, 0.1) is 5.92 Å². The molecule has 43 heavy (non-hydrogen) atoms. The number of esters is 1. The summed E-state index contributed by atoms with van der Waals surface area (Å²) in [6.45, 7) is 9.16. The van der Waals surface area contributed by atoms with Gasteiger partial charge in [0.15, 0.2) is 17.6 Å². The van der Waals surface area contributed by atoms with Gasteiger partial charge in [0.2, 0.25) is 0 Å². The first-order valence-electron chi connectivity index (χ1n) is 14.5. The molecule has 8 nitrogen and oxygen atoms in total. The molecule has 0 fully saturated rings. The van der Waals surface area contributed by atoms with E-state index in [-0.39, 0.29) is 24.0 Å². The van der Waals surface area contributed by atoms with Crippen LogP contribution in [0.1, 0.15) is 39.7 Å². The number of aliphatic hydroxyl groups is 2. The van der Waals surface area contributed by atoms with Gasteiger partial charge >= 0.3 is 5.97 Å². The van der Waals surface area contributed by atoms with Gasteiger partial charge in [-0.25, -0.2) is 4.79 Å². The van der Waals surface area contributed by atoms with E-state index >= 15 is 0 Å². The molecular formula is C34H46O8Si. The minimum atomic E-state index is -2.83. The summed E-state index contributed by atoms with van der Waals surface area (Å²) in [5.74, 6) is 0.0551. The Hall–Kier alpha value is -3.21. The van der Waals surface area contributed by atoms with Gasteiger partial charge in [0.25, 0.3) is 8.32 Å². The summed E-state index contributed by atoms with van der Waals surface area (Å²) in [7, 11) is 1.49. The largest absolute Gasteiger partial charge is 0.493 e. The minimum absolute atomic E-state index is 0.00513. The highest BCUT2D eigenvalue weighted by atomic mass is 28.4. The predicted molar refractivity (Wildman–Crippen MR) is 170 cm³/mol. The zero-order chi connectivity index (χ0) is 31.6. The SMILES string of the molecule is COC(=O)[C@@H](O)[C@H](O)C[C@@H](OCc1ccc(OC)c(OC)c1)[C@H](C)CO[Si](c1ccccc1)(c1ccccc1)C(C)(C)C. The monoisotopic (exact) mass is 610 g/mol. The van der Waals surface area contributed by atoms with Crippen LogP contribution >= 0.6 is 0 Å². The second kappa shape index (κ2) is 15.5. The Morgan fingerprint density at radius 1 is 0.837 bits per heavy atom. The molecule has 0 bridgehead atoms. The quantitative estimate of drug-likeness (QED) is 0.196. The number of benzene rings is 3. The molecule has 2 N–H and O–H groups in total. The maximum absolute atomic E-state index is 12.0. The third-order valence-electron chi connectivity index (χ3n) is 7.81. The zero-order valence-electron chi connectivity index (χ0n) is 26.3. The fraction of sp³-hybridized carbons (Fsp3) is 0.441.